The lowest BCUT2D eigenvalue weighted by molar-refractivity contribution is -0.148. The van der Waals surface area contributed by atoms with Gasteiger partial charge in [-0.2, -0.15) is 0 Å². The van der Waals surface area contributed by atoms with Gasteiger partial charge in [0.1, 0.15) is 11.9 Å². The zero-order valence-electron chi connectivity index (χ0n) is 11.8. The Balaban J connectivity index is 2.03. The third-order valence-corrected chi connectivity index (χ3v) is 3.04. The number of carbonyl (C=O) groups excluding carboxylic acids is 1. The van der Waals surface area contributed by atoms with Gasteiger partial charge in [0.2, 0.25) is 0 Å². The first kappa shape index (κ1) is 13.9. The lowest BCUT2D eigenvalue weighted by atomic mass is 10.0. The van der Waals surface area contributed by atoms with Crippen LogP contribution in [0.5, 0.6) is 5.75 Å². The Labute approximate surface area is 113 Å². The number of carbonyl (C=O) groups is 1. The van der Waals surface area contributed by atoms with E-state index in [1.165, 1.54) is 0 Å². The van der Waals surface area contributed by atoms with E-state index in [4.69, 9.17) is 14.2 Å². The standard InChI is InChI=1S/C15H20O4/c1-5-17-14(16)15(4)13(19-15)11-6-8-12(9-7-11)18-10(2)3/h6-10,13H,5H2,1-4H3/t13-,15+/m1/s1. The summed E-state index contributed by atoms with van der Waals surface area (Å²) >= 11 is 0. The minimum absolute atomic E-state index is 0.146. The Kier molecular flexibility index (Phi) is 3.80. The van der Waals surface area contributed by atoms with Crippen LogP contribution in [0.25, 0.3) is 0 Å². The molecule has 1 aromatic carbocycles. The van der Waals surface area contributed by atoms with E-state index in [1.54, 1.807) is 13.8 Å². The van der Waals surface area contributed by atoms with Crippen LogP contribution in [0.4, 0.5) is 0 Å². The van der Waals surface area contributed by atoms with Crippen molar-refractivity contribution in [2.75, 3.05) is 6.61 Å². The van der Waals surface area contributed by atoms with Crippen LogP contribution in [0.15, 0.2) is 24.3 Å². The molecule has 1 heterocycles. The number of hydrogen-bond donors (Lipinski definition) is 0. The van der Waals surface area contributed by atoms with E-state index < -0.39 is 5.60 Å². The van der Waals surface area contributed by atoms with Gasteiger partial charge in [0.25, 0.3) is 0 Å². The molecule has 2 atom stereocenters. The second-order valence-corrected chi connectivity index (χ2v) is 5.06. The average Bonchev–Trinajstić information content (AvgIpc) is 3.04. The first-order valence-electron chi connectivity index (χ1n) is 6.59. The maximum absolute atomic E-state index is 11.8. The van der Waals surface area contributed by atoms with Crippen LogP contribution in [0.1, 0.15) is 39.4 Å². The lowest BCUT2D eigenvalue weighted by Crippen LogP contribution is -2.24. The van der Waals surface area contributed by atoms with Crippen LogP contribution in [0.2, 0.25) is 0 Å². The van der Waals surface area contributed by atoms with Crippen molar-refractivity contribution in [3.05, 3.63) is 29.8 Å². The lowest BCUT2D eigenvalue weighted by Gasteiger charge is -2.10. The summed E-state index contributed by atoms with van der Waals surface area (Å²) in [6.07, 6.45) is -0.0764. The van der Waals surface area contributed by atoms with Crippen LogP contribution in [-0.4, -0.2) is 24.3 Å². The van der Waals surface area contributed by atoms with Crippen molar-refractivity contribution >= 4 is 5.97 Å². The summed E-state index contributed by atoms with van der Waals surface area (Å²) in [6.45, 7) is 7.88. The monoisotopic (exact) mass is 264 g/mol. The SMILES string of the molecule is CCOC(=O)[C@@]1(C)O[C@@H]1c1ccc(OC(C)C)cc1. The van der Waals surface area contributed by atoms with E-state index >= 15 is 0 Å². The molecule has 1 saturated heterocycles. The second-order valence-electron chi connectivity index (χ2n) is 5.06. The molecule has 0 bridgehead atoms. The third-order valence-electron chi connectivity index (χ3n) is 3.04. The second kappa shape index (κ2) is 5.21. The zero-order valence-corrected chi connectivity index (χ0v) is 11.8. The van der Waals surface area contributed by atoms with Gasteiger partial charge >= 0.3 is 5.97 Å². The number of esters is 1. The highest BCUT2D eigenvalue weighted by molar-refractivity contribution is 5.83. The topological polar surface area (TPSA) is 48.1 Å². The van der Waals surface area contributed by atoms with Gasteiger partial charge in [-0.1, -0.05) is 12.1 Å². The number of hydrogen-bond acceptors (Lipinski definition) is 4. The molecule has 0 amide bonds. The molecule has 19 heavy (non-hydrogen) atoms. The highest BCUT2D eigenvalue weighted by Crippen LogP contribution is 2.50. The Bertz CT molecular complexity index is 452. The van der Waals surface area contributed by atoms with E-state index in [0.29, 0.717) is 6.61 Å². The summed E-state index contributed by atoms with van der Waals surface area (Å²) in [5, 5.41) is 0. The fourth-order valence-corrected chi connectivity index (χ4v) is 2.02. The fraction of sp³-hybridized carbons (Fsp3) is 0.533. The number of ether oxygens (including phenoxy) is 3. The zero-order chi connectivity index (χ0) is 14.0. The molecule has 0 N–H and O–H groups in total. The van der Waals surface area contributed by atoms with E-state index in [-0.39, 0.29) is 18.2 Å². The molecule has 4 nitrogen and oxygen atoms in total. The van der Waals surface area contributed by atoms with Crippen molar-refractivity contribution in [2.24, 2.45) is 0 Å². The molecule has 0 unspecified atom stereocenters. The minimum Gasteiger partial charge on any atom is -0.491 e. The van der Waals surface area contributed by atoms with Gasteiger partial charge in [-0.25, -0.2) is 4.79 Å². The molecule has 0 aliphatic carbocycles. The van der Waals surface area contributed by atoms with Gasteiger partial charge in [0.05, 0.1) is 12.7 Å². The largest absolute Gasteiger partial charge is 0.491 e. The van der Waals surface area contributed by atoms with Crippen molar-refractivity contribution in [3.63, 3.8) is 0 Å². The Morgan fingerprint density at radius 2 is 2.00 bits per heavy atom. The molecule has 104 valence electrons. The number of rotatable bonds is 5. The van der Waals surface area contributed by atoms with E-state index in [0.717, 1.165) is 11.3 Å². The van der Waals surface area contributed by atoms with Crippen molar-refractivity contribution in [3.8, 4) is 5.75 Å². The van der Waals surface area contributed by atoms with Crippen LogP contribution < -0.4 is 4.74 Å². The fourth-order valence-electron chi connectivity index (χ4n) is 2.02. The average molecular weight is 264 g/mol. The Hall–Kier alpha value is -1.55. The first-order valence-corrected chi connectivity index (χ1v) is 6.59. The van der Waals surface area contributed by atoms with E-state index in [9.17, 15) is 4.79 Å². The van der Waals surface area contributed by atoms with Crippen molar-refractivity contribution in [1.29, 1.82) is 0 Å². The van der Waals surface area contributed by atoms with Gasteiger partial charge in [-0.3, -0.25) is 0 Å². The van der Waals surface area contributed by atoms with Gasteiger partial charge in [-0.15, -0.1) is 0 Å². The molecule has 1 aliphatic heterocycles. The Morgan fingerprint density at radius 3 is 2.53 bits per heavy atom. The first-order chi connectivity index (χ1) is 8.97. The highest BCUT2D eigenvalue weighted by atomic mass is 16.7. The highest BCUT2D eigenvalue weighted by Gasteiger charge is 2.60. The predicted molar refractivity (Wildman–Crippen MR) is 71.1 cm³/mol. The molecule has 1 aromatic rings. The summed E-state index contributed by atoms with van der Waals surface area (Å²) in [5.74, 6) is 0.514. The molecule has 0 spiro atoms. The maximum Gasteiger partial charge on any atom is 0.341 e. The van der Waals surface area contributed by atoms with Crippen molar-refractivity contribution in [2.45, 2.75) is 45.5 Å². The van der Waals surface area contributed by atoms with Crippen LogP contribution in [0, 0.1) is 0 Å². The van der Waals surface area contributed by atoms with Gasteiger partial charge in [0.15, 0.2) is 5.60 Å². The molecule has 1 fully saturated rings. The quantitative estimate of drug-likeness (QED) is 0.606. The predicted octanol–water partition coefficient (Wildman–Crippen LogP) is 2.87. The van der Waals surface area contributed by atoms with Gasteiger partial charge in [-0.05, 0) is 45.4 Å². The molecular weight excluding hydrogens is 244 g/mol. The molecule has 4 heteroatoms. The van der Waals surface area contributed by atoms with E-state index in [1.807, 2.05) is 38.1 Å². The summed E-state index contributed by atoms with van der Waals surface area (Å²) in [6, 6.07) is 7.63. The Morgan fingerprint density at radius 1 is 1.37 bits per heavy atom. The molecule has 1 aliphatic rings. The van der Waals surface area contributed by atoms with Crippen LogP contribution in [0.3, 0.4) is 0 Å². The molecular formula is C15H20O4. The normalized spacial score (nSPS) is 25.2. The number of benzene rings is 1. The van der Waals surface area contributed by atoms with Crippen LogP contribution in [-0.2, 0) is 14.3 Å². The maximum atomic E-state index is 11.8. The van der Waals surface area contributed by atoms with Crippen molar-refractivity contribution < 1.29 is 19.0 Å². The summed E-state index contributed by atoms with van der Waals surface area (Å²) in [4.78, 5) is 11.8. The minimum atomic E-state index is -0.837. The van der Waals surface area contributed by atoms with Gasteiger partial charge in [0, 0.05) is 0 Å². The molecule has 2 rings (SSSR count). The van der Waals surface area contributed by atoms with Crippen molar-refractivity contribution in [1.82, 2.24) is 0 Å². The van der Waals surface area contributed by atoms with Gasteiger partial charge < -0.3 is 14.2 Å². The van der Waals surface area contributed by atoms with Crippen LogP contribution >= 0.6 is 0 Å². The smallest absolute Gasteiger partial charge is 0.341 e. The molecule has 0 saturated carbocycles. The molecule has 0 aromatic heterocycles. The van der Waals surface area contributed by atoms with E-state index in [2.05, 4.69) is 0 Å². The molecule has 0 radical (unpaired) electrons. The number of epoxide rings is 1. The summed E-state index contributed by atoms with van der Waals surface area (Å²) in [7, 11) is 0. The summed E-state index contributed by atoms with van der Waals surface area (Å²) < 4.78 is 16.1. The third kappa shape index (κ3) is 2.89. The summed E-state index contributed by atoms with van der Waals surface area (Å²) in [5.41, 5.74) is 0.128.